The molecular weight excluding hydrogens is 410 g/mol. The van der Waals surface area contributed by atoms with Crippen LogP contribution in [0.15, 0.2) is 36.7 Å². The fourth-order valence-corrected chi connectivity index (χ4v) is 4.27. The Balaban J connectivity index is 1.42. The number of carbonyl (C=O) groups is 2. The van der Waals surface area contributed by atoms with Gasteiger partial charge in [-0.3, -0.25) is 4.79 Å². The number of imidazole rings is 1. The number of urea groups is 1. The highest BCUT2D eigenvalue weighted by atomic mass is 16.5. The Hall–Kier alpha value is -3.07. The highest BCUT2D eigenvalue weighted by molar-refractivity contribution is 5.89. The molecule has 1 aromatic heterocycles. The zero-order valence-corrected chi connectivity index (χ0v) is 18.8. The summed E-state index contributed by atoms with van der Waals surface area (Å²) in [5.41, 5.74) is 0.00918. The number of benzene rings is 1. The summed E-state index contributed by atoms with van der Waals surface area (Å²) >= 11 is 0. The summed E-state index contributed by atoms with van der Waals surface area (Å²) in [7, 11) is 1.59. The highest BCUT2D eigenvalue weighted by Crippen LogP contribution is 2.40. The van der Waals surface area contributed by atoms with E-state index in [0.717, 1.165) is 5.82 Å². The third-order valence-corrected chi connectivity index (χ3v) is 6.01. The monoisotopic (exact) mass is 441 g/mol. The smallest absolute Gasteiger partial charge is 0.321 e. The van der Waals surface area contributed by atoms with Crippen LogP contribution in [-0.4, -0.2) is 59.2 Å². The summed E-state index contributed by atoms with van der Waals surface area (Å²) in [6, 6.07) is 7.10. The van der Waals surface area contributed by atoms with Crippen LogP contribution in [0, 0.1) is 5.92 Å². The molecule has 2 aromatic rings. The molecule has 1 spiro atoms. The van der Waals surface area contributed by atoms with E-state index in [4.69, 9.17) is 9.47 Å². The number of aromatic nitrogens is 2. The Morgan fingerprint density at radius 2 is 2.09 bits per heavy atom. The lowest BCUT2D eigenvalue weighted by Crippen LogP contribution is -2.55. The number of hydrogen-bond acceptors (Lipinski definition) is 5. The number of fused-ring (bicyclic) bond motifs is 2. The second-order valence-electron chi connectivity index (χ2n) is 8.79. The van der Waals surface area contributed by atoms with Crippen molar-refractivity contribution in [3.8, 4) is 5.75 Å². The Labute approximate surface area is 188 Å². The zero-order chi connectivity index (χ0) is 22.7. The van der Waals surface area contributed by atoms with Gasteiger partial charge in [-0.25, -0.2) is 9.78 Å². The van der Waals surface area contributed by atoms with Gasteiger partial charge in [0.15, 0.2) is 6.10 Å². The van der Waals surface area contributed by atoms with Gasteiger partial charge >= 0.3 is 6.03 Å². The van der Waals surface area contributed by atoms with Gasteiger partial charge in [-0.1, -0.05) is 19.9 Å². The van der Waals surface area contributed by atoms with E-state index in [9.17, 15) is 9.59 Å². The fraction of sp³-hybridized carbons (Fsp3) is 0.522. The van der Waals surface area contributed by atoms with Gasteiger partial charge in [0.05, 0.1) is 13.7 Å². The molecule has 3 heterocycles. The van der Waals surface area contributed by atoms with Gasteiger partial charge in [0.2, 0.25) is 0 Å². The molecule has 0 saturated carbocycles. The van der Waals surface area contributed by atoms with Crippen LogP contribution in [0.5, 0.6) is 5.75 Å². The zero-order valence-electron chi connectivity index (χ0n) is 18.8. The molecule has 172 valence electrons. The molecule has 3 amide bonds. The first kappa shape index (κ1) is 22.1. The molecule has 32 heavy (non-hydrogen) atoms. The number of anilines is 1. The van der Waals surface area contributed by atoms with Crippen LogP contribution in [0.3, 0.4) is 0 Å². The molecule has 9 nitrogen and oxygen atoms in total. The average molecular weight is 442 g/mol. The van der Waals surface area contributed by atoms with Crippen molar-refractivity contribution in [3.05, 3.63) is 42.5 Å². The molecule has 2 aliphatic heterocycles. The van der Waals surface area contributed by atoms with Gasteiger partial charge in [-0.2, -0.15) is 0 Å². The van der Waals surface area contributed by atoms with Crippen molar-refractivity contribution in [2.45, 2.75) is 44.9 Å². The summed E-state index contributed by atoms with van der Waals surface area (Å²) < 4.78 is 13.6. The molecule has 2 N–H and O–H groups in total. The van der Waals surface area contributed by atoms with Crippen LogP contribution >= 0.6 is 0 Å². The maximum Gasteiger partial charge on any atom is 0.321 e. The minimum atomic E-state index is -0.672. The van der Waals surface area contributed by atoms with E-state index >= 15 is 0 Å². The first-order chi connectivity index (χ1) is 15.4. The number of nitrogens with zero attached hydrogens (tertiary/aromatic N) is 3. The van der Waals surface area contributed by atoms with Crippen LogP contribution in [0.25, 0.3) is 0 Å². The van der Waals surface area contributed by atoms with E-state index in [1.54, 1.807) is 24.3 Å². The number of carbonyl (C=O) groups excluding carboxylic acids is 2. The lowest BCUT2D eigenvalue weighted by Gasteiger charge is -2.45. The number of hydrogen-bond donors (Lipinski definition) is 2. The Kier molecular flexibility index (Phi) is 6.36. The summed E-state index contributed by atoms with van der Waals surface area (Å²) in [4.78, 5) is 31.8. The number of ether oxygens (including phenoxy) is 2. The third kappa shape index (κ3) is 4.57. The van der Waals surface area contributed by atoms with Crippen molar-refractivity contribution in [2.24, 2.45) is 5.92 Å². The molecule has 4 rings (SSSR count). The Morgan fingerprint density at radius 3 is 2.81 bits per heavy atom. The normalized spacial score (nSPS) is 19.5. The largest absolute Gasteiger partial charge is 0.497 e. The van der Waals surface area contributed by atoms with Crippen molar-refractivity contribution in [1.82, 2.24) is 19.8 Å². The maximum absolute atomic E-state index is 12.8. The molecule has 0 aliphatic carbocycles. The van der Waals surface area contributed by atoms with Crippen LogP contribution in [0.2, 0.25) is 0 Å². The van der Waals surface area contributed by atoms with Gasteiger partial charge in [-0.05, 0) is 18.1 Å². The third-order valence-electron chi connectivity index (χ3n) is 6.01. The summed E-state index contributed by atoms with van der Waals surface area (Å²) in [5, 5.41) is 5.91. The Morgan fingerprint density at radius 1 is 1.31 bits per heavy atom. The van der Waals surface area contributed by atoms with Crippen molar-refractivity contribution in [3.63, 3.8) is 0 Å². The minimum Gasteiger partial charge on any atom is -0.497 e. The van der Waals surface area contributed by atoms with Gasteiger partial charge in [-0.15, -0.1) is 0 Å². The average Bonchev–Trinajstić information content (AvgIpc) is 3.28. The predicted molar refractivity (Wildman–Crippen MR) is 119 cm³/mol. The Bertz CT molecular complexity index is 965. The quantitative estimate of drug-likeness (QED) is 0.743. The number of likely N-dealkylation sites (tertiary alicyclic amines) is 1. The topological polar surface area (TPSA) is 97.7 Å². The standard InChI is InChI=1S/C23H31N5O4/c1-16(2)14-25-20(29)19-15-28-12-9-24-21(28)23(32-19)7-10-27(11-8-23)22(30)26-17-5-4-6-18(13-17)31-3/h4-6,9,12-13,16,19H,7-8,10-11,14-15H2,1-3H3,(H,25,29)(H,26,30). The van der Waals surface area contributed by atoms with Crippen LogP contribution in [0.4, 0.5) is 10.5 Å². The van der Waals surface area contributed by atoms with E-state index in [1.807, 2.05) is 29.0 Å². The van der Waals surface area contributed by atoms with E-state index in [-0.39, 0.29) is 11.9 Å². The van der Waals surface area contributed by atoms with Crippen molar-refractivity contribution >= 4 is 17.6 Å². The second kappa shape index (κ2) is 9.20. The lowest BCUT2D eigenvalue weighted by molar-refractivity contribution is -0.171. The van der Waals surface area contributed by atoms with Gasteiger partial charge in [0.25, 0.3) is 5.91 Å². The fourth-order valence-electron chi connectivity index (χ4n) is 4.27. The van der Waals surface area contributed by atoms with E-state index in [0.29, 0.717) is 56.4 Å². The molecule has 2 aliphatic rings. The number of methoxy groups -OCH3 is 1. The molecule has 9 heteroatoms. The number of rotatable bonds is 5. The molecule has 1 fully saturated rings. The summed E-state index contributed by atoms with van der Waals surface area (Å²) in [6.45, 7) is 6.18. The van der Waals surface area contributed by atoms with Gasteiger partial charge in [0, 0.05) is 56.6 Å². The van der Waals surface area contributed by atoms with Crippen LogP contribution in [-0.2, 0) is 21.7 Å². The van der Waals surface area contributed by atoms with E-state index in [1.165, 1.54) is 0 Å². The highest BCUT2D eigenvalue weighted by Gasteiger charge is 2.47. The summed E-state index contributed by atoms with van der Waals surface area (Å²) in [5.74, 6) is 1.78. The van der Waals surface area contributed by atoms with Gasteiger partial charge < -0.3 is 29.6 Å². The minimum absolute atomic E-state index is 0.101. The number of piperidine rings is 1. The number of nitrogens with one attached hydrogen (secondary N) is 2. The van der Waals surface area contributed by atoms with Crippen molar-refractivity contribution in [1.29, 1.82) is 0 Å². The van der Waals surface area contributed by atoms with Crippen LogP contribution in [0.1, 0.15) is 32.5 Å². The molecule has 1 saturated heterocycles. The molecular formula is C23H31N5O4. The van der Waals surface area contributed by atoms with Crippen LogP contribution < -0.4 is 15.4 Å². The molecule has 0 radical (unpaired) electrons. The molecule has 1 unspecified atom stereocenters. The van der Waals surface area contributed by atoms with Gasteiger partial charge in [0.1, 0.15) is 17.2 Å². The lowest BCUT2D eigenvalue weighted by atomic mass is 9.88. The second-order valence-corrected chi connectivity index (χ2v) is 8.79. The predicted octanol–water partition coefficient (Wildman–Crippen LogP) is 2.59. The first-order valence-corrected chi connectivity index (χ1v) is 11.1. The molecule has 1 aromatic carbocycles. The van der Waals surface area contributed by atoms with E-state index < -0.39 is 11.7 Å². The van der Waals surface area contributed by atoms with Crippen molar-refractivity contribution in [2.75, 3.05) is 32.1 Å². The maximum atomic E-state index is 12.8. The summed E-state index contributed by atoms with van der Waals surface area (Å²) in [6.07, 6.45) is 4.21. The molecule has 1 atom stereocenters. The van der Waals surface area contributed by atoms with Crippen molar-refractivity contribution < 1.29 is 19.1 Å². The SMILES string of the molecule is COc1cccc(NC(=O)N2CCC3(CC2)OC(C(=O)NCC(C)C)Cn2ccnc23)c1. The number of amides is 3. The first-order valence-electron chi connectivity index (χ1n) is 11.1. The molecule has 0 bridgehead atoms. The van der Waals surface area contributed by atoms with E-state index in [2.05, 4.69) is 29.5 Å².